The highest BCUT2D eigenvalue weighted by Gasteiger charge is 2.01. The highest BCUT2D eigenvalue weighted by Crippen LogP contribution is 2.24. The van der Waals surface area contributed by atoms with Gasteiger partial charge in [-0.15, -0.1) is 0 Å². The van der Waals surface area contributed by atoms with Gasteiger partial charge in [-0.25, -0.2) is 0 Å². The molecule has 0 heterocycles. The van der Waals surface area contributed by atoms with Crippen LogP contribution in [0.3, 0.4) is 0 Å². The maximum Gasteiger partial charge on any atom is 0.141 e. The average Bonchev–Trinajstić information content (AvgIpc) is 2.38. The van der Waals surface area contributed by atoms with Crippen molar-refractivity contribution in [1.82, 2.24) is 0 Å². The zero-order valence-electron chi connectivity index (χ0n) is 10.7. The van der Waals surface area contributed by atoms with Crippen molar-refractivity contribution in [1.29, 1.82) is 0 Å². The Labute approximate surface area is 108 Å². The fourth-order valence-electron chi connectivity index (χ4n) is 1.85. The maximum atomic E-state index is 5.87. The highest BCUT2D eigenvalue weighted by atomic mass is 16.5. The first kappa shape index (κ1) is 12.3. The third-order valence-electron chi connectivity index (χ3n) is 2.97. The third-order valence-corrected chi connectivity index (χ3v) is 2.97. The molecule has 0 aliphatic carbocycles. The topological polar surface area (TPSA) is 47.3 Å². The molecule has 0 bridgehead atoms. The van der Waals surface area contributed by atoms with Gasteiger partial charge >= 0.3 is 0 Å². The molecule has 0 saturated carbocycles. The van der Waals surface area contributed by atoms with Crippen molar-refractivity contribution < 1.29 is 4.74 Å². The van der Waals surface area contributed by atoms with Crippen molar-refractivity contribution in [2.75, 3.05) is 18.2 Å². The number of aryl methyl sites for hydroxylation is 1. The molecule has 2 aromatic rings. The van der Waals surface area contributed by atoms with E-state index in [-0.39, 0.29) is 0 Å². The van der Waals surface area contributed by atoms with Gasteiger partial charge in [0.15, 0.2) is 0 Å². The standard InChI is InChI=1S/C15H18N2O/c1-11-5-3-4-6-12(11)10-17-13-7-8-15(18-2)14(16)9-13/h3-9,17H,10,16H2,1-2H3. The number of hydrogen-bond donors (Lipinski definition) is 2. The molecule has 3 nitrogen and oxygen atoms in total. The van der Waals surface area contributed by atoms with Gasteiger partial charge in [0.05, 0.1) is 12.8 Å². The average molecular weight is 242 g/mol. The van der Waals surface area contributed by atoms with Gasteiger partial charge in [-0.3, -0.25) is 0 Å². The molecule has 0 aliphatic heterocycles. The molecule has 0 aliphatic rings. The Hall–Kier alpha value is -2.16. The summed E-state index contributed by atoms with van der Waals surface area (Å²) in [5.41, 5.74) is 10.1. The number of methoxy groups -OCH3 is 1. The number of nitrogen functional groups attached to an aromatic ring is 1. The van der Waals surface area contributed by atoms with Gasteiger partial charge in [0, 0.05) is 12.2 Å². The quantitative estimate of drug-likeness (QED) is 0.809. The van der Waals surface area contributed by atoms with Crippen LogP contribution in [0.2, 0.25) is 0 Å². The fourth-order valence-corrected chi connectivity index (χ4v) is 1.85. The summed E-state index contributed by atoms with van der Waals surface area (Å²) in [6.07, 6.45) is 0. The molecule has 18 heavy (non-hydrogen) atoms. The molecular formula is C15H18N2O. The maximum absolute atomic E-state index is 5.87. The minimum absolute atomic E-state index is 0.646. The predicted molar refractivity (Wildman–Crippen MR) is 75.9 cm³/mol. The lowest BCUT2D eigenvalue weighted by Gasteiger charge is -2.11. The van der Waals surface area contributed by atoms with Crippen LogP contribution >= 0.6 is 0 Å². The summed E-state index contributed by atoms with van der Waals surface area (Å²) in [7, 11) is 1.62. The Bertz CT molecular complexity index is 538. The monoisotopic (exact) mass is 242 g/mol. The predicted octanol–water partition coefficient (Wildman–Crippen LogP) is 3.20. The Morgan fingerprint density at radius 1 is 1.17 bits per heavy atom. The molecule has 2 aromatic carbocycles. The number of rotatable bonds is 4. The first-order chi connectivity index (χ1) is 8.70. The largest absolute Gasteiger partial charge is 0.495 e. The molecule has 3 N–H and O–H groups in total. The normalized spacial score (nSPS) is 10.1. The number of anilines is 2. The second-order valence-corrected chi connectivity index (χ2v) is 4.24. The van der Waals surface area contributed by atoms with E-state index in [1.165, 1.54) is 11.1 Å². The van der Waals surface area contributed by atoms with Crippen molar-refractivity contribution in [3.63, 3.8) is 0 Å². The molecule has 0 radical (unpaired) electrons. The van der Waals surface area contributed by atoms with E-state index in [1.54, 1.807) is 7.11 Å². The van der Waals surface area contributed by atoms with E-state index in [2.05, 4.69) is 24.4 Å². The van der Waals surface area contributed by atoms with Crippen LogP contribution < -0.4 is 15.8 Å². The fraction of sp³-hybridized carbons (Fsp3) is 0.200. The van der Waals surface area contributed by atoms with Crippen molar-refractivity contribution >= 4 is 11.4 Å². The smallest absolute Gasteiger partial charge is 0.141 e. The van der Waals surface area contributed by atoms with Crippen LogP contribution in [0.5, 0.6) is 5.75 Å². The van der Waals surface area contributed by atoms with Crippen LogP contribution in [0.1, 0.15) is 11.1 Å². The summed E-state index contributed by atoms with van der Waals surface area (Å²) in [4.78, 5) is 0. The second kappa shape index (κ2) is 5.45. The first-order valence-electron chi connectivity index (χ1n) is 5.92. The number of benzene rings is 2. The minimum atomic E-state index is 0.646. The summed E-state index contributed by atoms with van der Waals surface area (Å²) < 4.78 is 5.13. The van der Waals surface area contributed by atoms with E-state index in [4.69, 9.17) is 10.5 Å². The summed E-state index contributed by atoms with van der Waals surface area (Å²) >= 11 is 0. The van der Waals surface area contributed by atoms with Gasteiger partial charge in [0.25, 0.3) is 0 Å². The summed E-state index contributed by atoms with van der Waals surface area (Å²) in [5, 5.41) is 3.36. The molecule has 94 valence electrons. The van der Waals surface area contributed by atoms with Crippen molar-refractivity contribution in [2.45, 2.75) is 13.5 Å². The lowest BCUT2D eigenvalue weighted by Crippen LogP contribution is -2.02. The van der Waals surface area contributed by atoms with Gasteiger partial charge in [-0.1, -0.05) is 24.3 Å². The van der Waals surface area contributed by atoms with Crippen LogP contribution in [-0.2, 0) is 6.54 Å². The van der Waals surface area contributed by atoms with Crippen LogP contribution in [0.15, 0.2) is 42.5 Å². The van der Waals surface area contributed by atoms with Gasteiger partial charge < -0.3 is 15.8 Å². The number of hydrogen-bond acceptors (Lipinski definition) is 3. The van der Waals surface area contributed by atoms with E-state index < -0.39 is 0 Å². The SMILES string of the molecule is COc1ccc(NCc2ccccc2C)cc1N. The number of nitrogens with one attached hydrogen (secondary N) is 1. The molecule has 0 atom stereocenters. The Kier molecular flexibility index (Phi) is 3.72. The summed E-state index contributed by atoms with van der Waals surface area (Å²) in [5.74, 6) is 0.705. The minimum Gasteiger partial charge on any atom is -0.495 e. The van der Waals surface area contributed by atoms with Crippen LogP contribution in [0.25, 0.3) is 0 Å². The third kappa shape index (κ3) is 2.74. The molecule has 0 aromatic heterocycles. The lowest BCUT2D eigenvalue weighted by atomic mass is 10.1. The van der Waals surface area contributed by atoms with E-state index in [9.17, 15) is 0 Å². The summed E-state index contributed by atoms with van der Waals surface area (Å²) in [6.45, 7) is 2.90. The van der Waals surface area contributed by atoms with E-state index in [0.29, 0.717) is 11.4 Å². The van der Waals surface area contributed by atoms with Crippen molar-refractivity contribution in [3.05, 3.63) is 53.6 Å². The van der Waals surface area contributed by atoms with Crippen LogP contribution in [-0.4, -0.2) is 7.11 Å². The molecular weight excluding hydrogens is 224 g/mol. The first-order valence-corrected chi connectivity index (χ1v) is 5.92. The number of nitrogens with two attached hydrogens (primary N) is 1. The lowest BCUT2D eigenvalue weighted by molar-refractivity contribution is 0.417. The molecule has 0 spiro atoms. The Balaban J connectivity index is 2.07. The molecule has 0 unspecified atom stereocenters. The van der Waals surface area contributed by atoms with E-state index in [1.807, 2.05) is 30.3 Å². The van der Waals surface area contributed by atoms with Crippen molar-refractivity contribution in [3.8, 4) is 5.75 Å². The van der Waals surface area contributed by atoms with Crippen LogP contribution in [0, 0.1) is 6.92 Å². The summed E-state index contributed by atoms with van der Waals surface area (Å²) in [6, 6.07) is 14.0. The van der Waals surface area contributed by atoms with Gasteiger partial charge in [0.1, 0.15) is 5.75 Å². The van der Waals surface area contributed by atoms with Gasteiger partial charge in [0.2, 0.25) is 0 Å². The molecule has 0 saturated heterocycles. The zero-order chi connectivity index (χ0) is 13.0. The van der Waals surface area contributed by atoms with Crippen LogP contribution in [0.4, 0.5) is 11.4 Å². The van der Waals surface area contributed by atoms with Crippen molar-refractivity contribution in [2.24, 2.45) is 0 Å². The van der Waals surface area contributed by atoms with E-state index in [0.717, 1.165) is 12.2 Å². The molecule has 0 amide bonds. The van der Waals surface area contributed by atoms with Gasteiger partial charge in [-0.2, -0.15) is 0 Å². The Morgan fingerprint density at radius 2 is 1.94 bits per heavy atom. The Morgan fingerprint density at radius 3 is 2.61 bits per heavy atom. The number of ether oxygens (including phenoxy) is 1. The zero-order valence-corrected chi connectivity index (χ0v) is 10.7. The molecule has 2 rings (SSSR count). The second-order valence-electron chi connectivity index (χ2n) is 4.24. The highest BCUT2D eigenvalue weighted by molar-refractivity contribution is 5.62. The molecule has 0 fully saturated rings. The molecule has 3 heteroatoms. The van der Waals surface area contributed by atoms with Gasteiger partial charge in [-0.05, 0) is 36.2 Å². The van der Waals surface area contributed by atoms with E-state index >= 15 is 0 Å².